The summed E-state index contributed by atoms with van der Waals surface area (Å²) in [5.74, 6) is 5.83. The molecule has 0 atom stereocenters. The van der Waals surface area contributed by atoms with Gasteiger partial charge in [-0.25, -0.2) is 4.98 Å². The fourth-order valence-electron chi connectivity index (χ4n) is 1.69. The Morgan fingerprint density at radius 1 is 1.43 bits per heavy atom. The van der Waals surface area contributed by atoms with E-state index < -0.39 is 0 Å². The molecule has 0 aliphatic heterocycles. The molecule has 0 aliphatic rings. The van der Waals surface area contributed by atoms with E-state index in [0.717, 1.165) is 18.7 Å². The van der Waals surface area contributed by atoms with Crippen LogP contribution in [0, 0.1) is 11.8 Å². The van der Waals surface area contributed by atoms with Crippen molar-refractivity contribution in [3.63, 3.8) is 0 Å². The summed E-state index contributed by atoms with van der Waals surface area (Å²) >= 11 is 0. The lowest BCUT2D eigenvalue weighted by Crippen LogP contribution is -2.25. The largest absolute Gasteiger partial charge is 0.384 e. The third-order valence-electron chi connectivity index (χ3n) is 2.65. The Balaban J connectivity index is 1.82. The van der Waals surface area contributed by atoms with Crippen LogP contribution in [-0.4, -0.2) is 44.3 Å². The Labute approximate surface area is 121 Å². The van der Waals surface area contributed by atoms with Crippen LogP contribution in [-0.2, 0) is 6.42 Å². The van der Waals surface area contributed by atoms with Gasteiger partial charge in [-0.2, -0.15) is 5.10 Å². The maximum absolute atomic E-state index is 11.9. The first-order valence-electron chi connectivity index (χ1n) is 6.47. The third-order valence-corrected chi connectivity index (χ3v) is 2.65. The zero-order chi connectivity index (χ0) is 14.9. The van der Waals surface area contributed by atoms with Crippen molar-refractivity contribution in [2.75, 3.05) is 13.2 Å². The Morgan fingerprint density at radius 3 is 3.10 bits per heavy atom. The number of aryl methyl sites for hydroxylation is 1. The number of hydrogen-bond acceptors (Lipinski definition) is 5. The smallest absolute Gasteiger partial charge is 0.252 e. The summed E-state index contributed by atoms with van der Waals surface area (Å²) in [5, 5.41) is 18.0. The first kappa shape index (κ1) is 14.7. The van der Waals surface area contributed by atoms with E-state index in [-0.39, 0.29) is 12.5 Å². The Bertz CT molecular complexity index is 643. The second kappa shape index (κ2) is 7.77. The van der Waals surface area contributed by atoms with Gasteiger partial charge in [-0.3, -0.25) is 14.9 Å². The molecule has 2 rings (SSSR count). The van der Waals surface area contributed by atoms with Gasteiger partial charge in [-0.05, 0) is 12.5 Å². The topological polar surface area (TPSA) is 104 Å². The fourth-order valence-corrected chi connectivity index (χ4v) is 1.69. The molecule has 0 fully saturated rings. The number of rotatable bonds is 5. The highest BCUT2D eigenvalue weighted by Crippen LogP contribution is 2.01. The quantitative estimate of drug-likeness (QED) is 0.526. The minimum absolute atomic E-state index is 0.201. The average Bonchev–Trinajstić information content (AvgIpc) is 3.03. The summed E-state index contributed by atoms with van der Waals surface area (Å²) in [6.45, 7) is 0.310. The van der Waals surface area contributed by atoms with Crippen LogP contribution in [0.25, 0.3) is 0 Å². The molecule has 2 heterocycles. The van der Waals surface area contributed by atoms with Gasteiger partial charge in [-0.1, -0.05) is 11.8 Å². The van der Waals surface area contributed by atoms with Crippen LogP contribution in [0.3, 0.4) is 0 Å². The van der Waals surface area contributed by atoms with Crippen molar-refractivity contribution >= 4 is 5.91 Å². The summed E-state index contributed by atoms with van der Waals surface area (Å²) in [5.41, 5.74) is 1.04. The number of nitrogens with zero attached hydrogens (tertiary/aromatic N) is 3. The van der Waals surface area contributed by atoms with Gasteiger partial charge in [0.25, 0.3) is 5.91 Å². The van der Waals surface area contributed by atoms with Crippen LogP contribution >= 0.6 is 0 Å². The molecule has 21 heavy (non-hydrogen) atoms. The van der Waals surface area contributed by atoms with Gasteiger partial charge in [-0.15, -0.1) is 0 Å². The van der Waals surface area contributed by atoms with E-state index in [0.29, 0.717) is 17.7 Å². The van der Waals surface area contributed by atoms with E-state index in [9.17, 15) is 4.79 Å². The van der Waals surface area contributed by atoms with Gasteiger partial charge < -0.3 is 10.4 Å². The number of carbonyl (C=O) groups excluding carboxylic acids is 1. The summed E-state index contributed by atoms with van der Waals surface area (Å²) in [7, 11) is 0. The molecular formula is C14H15N5O2. The van der Waals surface area contributed by atoms with Gasteiger partial charge in [0.1, 0.15) is 18.8 Å². The molecule has 0 spiro atoms. The van der Waals surface area contributed by atoms with Crippen LogP contribution in [0.2, 0.25) is 0 Å². The Morgan fingerprint density at radius 2 is 2.33 bits per heavy atom. The van der Waals surface area contributed by atoms with Crippen LogP contribution < -0.4 is 5.32 Å². The maximum Gasteiger partial charge on any atom is 0.252 e. The molecule has 0 unspecified atom stereocenters. The van der Waals surface area contributed by atoms with Gasteiger partial charge in [0.2, 0.25) is 0 Å². The molecule has 0 saturated carbocycles. The van der Waals surface area contributed by atoms with E-state index in [1.165, 1.54) is 12.5 Å². The zero-order valence-electron chi connectivity index (χ0n) is 11.3. The molecule has 0 bridgehead atoms. The van der Waals surface area contributed by atoms with E-state index >= 15 is 0 Å². The van der Waals surface area contributed by atoms with Crippen LogP contribution in [0.5, 0.6) is 0 Å². The summed E-state index contributed by atoms with van der Waals surface area (Å²) < 4.78 is 0. The number of hydrogen-bond donors (Lipinski definition) is 3. The minimum Gasteiger partial charge on any atom is -0.384 e. The van der Waals surface area contributed by atoms with Gasteiger partial charge in [0, 0.05) is 30.9 Å². The van der Waals surface area contributed by atoms with Crippen LogP contribution in [0.4, 0.5) is 0 Å². The molecule has 0 radical (unpaired) electrons. The first-order chi connectivity index (χ1) is 10.3. The normalized spacial score (nSPS) is 9.76. The number of amides is 1. The SMILES string of the molecule is O=C(NCCCc1ncn[nH]1)c1cncc(C#CCO)c1. The number of pyridine rings is 1. The van der Waals surface area contributed by atoms with E-state index in [2.05, 4.69) is 37.3 Å². The molecular weight excluding hydrogens is 270 g/mol. The van der Waals surface area contributed by atoms with Crippen LogP contribution in [0.15, 0.2) is 24.8 Å². The molecule has 7 nitrogen and oxygen atoms in total. The van der Waals surface area contributed by atoms with Crippen molar-refractivity contribution in [1.82, 2.24) is 25.5 Å². The standard InChI is InChI=1S/C14H15N5O2/c20-6-2-3-11-7-12(9-15-8-11)14(21)16-5-1-4-13-17-10-18-19-13/h7-10,20H,1,4-6H2,(H,16,21)(H,17,18,19). The van der Waals surface area contributed by atoms with Crippen molar-refractivity contribution in [2.24, 2.45) is 0 Å². The second-order valence-corrected chi connectivity index (χ2v) is 4.21. The first-order valence-corrected chi connectivity index (χ1v) is 6.47. The fraction of sp³-hybridized carbons (Fsp3) is 0.286. The van der Waals surface area contributed by atoms with Crippen molar-refractivity contribution in [1.29, 1.82) is 0 Å². The van der Waals surface area contributed by atoms with E-state index in [1.807, 2.05) is 0 Å². The molecule has 2 aromatic heterocycles. The molecule has 0 aromatic carbocycles. The van der Waals surface area contributed by atoms with Crippen molar-refractivity contribution in [2.45, 2.75) is 12.8 Å². The number of H-pyrrole nitrogens is 1. The van der Waals surface area contributed by atoms with E-state index in [1.54, 1.807) is 12.3 Å². The number of aromatic amines is 1. The van der Waals surface area contributed by atoms with Gasteiger partial charge >= 0.3 is 0 Å². The average molecular weight is 285 g/mol. The predicted octanol–water partition coefficient (Wildman–Crippen LogP) is -0.0939. The number of carbonyl (C=O) groups is 1. The molecule has 7 heteroatoms. The second-order valence-electron chi connectivity index (χ2n) is 4.21. The van der Waals surface area contributed by atoms with Gasteiger partial charge in [0.05, 0.1) is 5.56 Å². The molecule has 1 amide bonds. The minimum atomic E-state index is -0.224. The highest BCUT2D eigenvalue weighted by molar-refractivity contribution is 5.94. The maximum atomic E-state index is 11.9. The van der Waals surface area contributed by atoms with Crippen molar-refractivity contribution in [3.05, 3.63) is 41.7 Å². The molecule has 3 N–H and O–H groups in total. The number of aromatic nitrogens is 4. The summed E-state index contributed by atoms with van der Waals surface area (Å²) in [6.07, 6.45) is 5.97. The third kappa shape index (κ3) is 4.71. The predicted molar refractivity (Wildman–Crippen MR) is 75.2 cm³/mol. The number of nitrogens with one attached hydrogen (secondary N) is 2. The zero-order valence-corrected chi connectivity index (χ0v) is 11.3. The highest BCUT2D eigenvalue weighted by Gasteiger charge is 2.06. The molecule has 2 aromatic rings. The molecule has 0 saturated heterocycles. The Hall–Kier alpha value is -2.72. The summed E-state index contributed by atoms with van der Waals surface area (Å²) in [4.78, 5) is 19.9. The highest BCUT2D eigenvalue weighted by atomic mass is 16.2. The van der Waals surface area contributed by atoms with Gasteiger partial charge in [0.15, 0.2) is 0 Å². The summed E-state index contributed by atoms with van der Waals surface area (Å²) in [6, 6.07) is 1.64. The lowest BCUT2D eigenvalue weighted by Gasteiger charge is -2.04. The lowest BCUT2D eigenvalue weighted by molar-refractivity contribution is 0.0952. The molecule has 108 valence electrons. The van der Waals surface area contributed by atoms with Crippen molar-refractivity contribution in [3.8, 4) is 11.8 Å². The van der Waals surface area contributed by atoms with Crippen molar-refractivity contribution < 1.29 is 9.90 Å². The van der Waals surface area contributed by atoms with E-state index in [4.69, 9.17) is 5.11 Å². The lowest BCUT2D eigenvalue weighted by atomic mass is 10.2. The number of aliphatic hydroxyl groups excluding tert-OH is 1. The molecule has 0 aliphatic carbocycles. The van der Waals surface area contributed by atoms with Crippen LogP contribution in [0.1, 0.15) is 28.2 Å². The Kier molecular flexibility index (Phi) is 5.43. The number of aliphatic hydroxyl groups is 1. The monoisotopic (exact) mass is 285 g/mol.